The van der Waals surface area contributed by atoms with E-state index in [2.05, 4.69) is 0 Å². The van der Waals surface area contributed by atoms with Crippen molar-refractivity contribution < 1.29 is 78.6 Å². The molecular weight excluding hydrogens is 314 g/mol. The third kappa shape index (κ3) is 2630. The van der Waals surface area contributed by atoms with Gasteiger partial charge in [-0.25, -0.2) is 0 Å². The van der Waals surface area contributed by atoms with Crippen LogP contribution < -0.4 is 0 Å². The van der Waals surface area contributed by atoms with Crippen LogP contribution in [0.2, 0.25) is 0 Å². The molecule has 0 saturated carbocycles. The SMILES string of the molecule is CC(=O)O.O=[N+]([O-])O.[Zn].[Zn].[Zn]. The van der Waals surface area contributed by atoms with Gasteiger partial charge in [-0.05, 0) is 0 Å². The van der Waals surface area contributed by atoms with Gasteiger partial charge < -0.3 is 10.3 Å². The van der Waals surface area contributed by atoms with Gasteiger partial charge >= 0.3 is 0 Å². The van der Waals surface area contributed by atoms with E-state index in [1.54, 1.807) is 0 Å². The molecule has 0 aliphatic rings. The zero-order valence-corrected chi connectivity index (χ0v) is 15.1. The summed E-state index contributed by atoms with van der Waals surface area (Å²) in [4.78, 5) is 17.4. The quantitative estimate of drug-likeness (QED) is 0.364. The van der Waals surface area contributed by atoms with Gasteiger partial charge in [-0.1, -0.05) is 0 Å². The van der Waals surface area contributed by atoms with Gasteiger partial charge in [-0.15, -0.1) is 10.1 Å². The van der Waals surface area contributed by atoms with Crippen LogP contribution in [-0.2, 0) is 63.2 Å². The summed E-state index contributed by atoms with van der Waals surface area (Å²) < 4.78 is 0. The molecule has 0 aliphatic carbocycles. The number of carbonyl (C=O) groups is 1. The third-order valence-electron chi connectivity index (χ3n) is 0. The van der Waals surface area contributed by atoms with E-state index in [0.29, 0.717) is 0 Å². The van der Waals surface area contributed by atoms with Crippen molar-refractivity contribution in [3.05, 3.63) is 10.1 Å². The number of carboxylic acids is 1. The summed E-state index contributed by atoms with van der Waals surface area (Å²) >= 11 is 0. The van der Waals surface area contributed by atoms with Crippen LogP contribution >= 0.6 is 0 Å². The van der Waals surface area contributed by atoms with Crippen LogP contribution in [0.3, 0.4) is 0 Å². The number of hydrogen-bond acceptors (Lipinski definition) is 3. The summed E-state index contributed by atoms with van der Waals surface area (Å²) in [6, 6.07) is 0. The van der Waals surface area contributed by atoms with Gasteiger partial charge in [0.2, 0.25) is 0 Å². The molecule has 0 atom stereocenters. The Balaban J connectivity index is -0.0000000171. The molecule has 0 aliphatic heterocycles. The van der Waals surface area contributed by atoms with E-state index in [9.17, 15) is 0 Å². The van der Waals surface area contributed by atoms with Crippen molar-refractivity contribution in [2.75, 3.05) is 0 Å². The molecule has 6 nitrogen and oxygen atoms in total. The van der Waals surface area contributed by atoms with E-state index in [0.717, 1.165) is 6.92 Å². The fourth-order valence-corrected chi connectivity index (χ4v) is 0. The molecule has 0 rings (SSSR count). The van der Waals surface area contributed by atoms with E-state index < -0.39 is 11.1 Å². The normalized spacial score (nSPS) is 4.45. The molecule has 0 aromatic heterocycles. The first-order chi connectivity index (χ1) is 3.46. The van der Waals surface area contributed by atoms with Gasteiger partial charge in [0, 0.05) is 65.4 Å². The van der Waals surface area contributed by atoms with Gasteiger partial charge in [-0.3, -0.25) is 4.79 Å². The first-order valence-electron chi connectivity index (χ1n) is 1.49. The minimum atomic E-state index is -1.50. The maximum absolute atomic E-state index is 9.00. The monoisotopic (exact) mass is 315 g/mol. The largest absolute Gasteiger partial charge is 0.481 e. The second-order valence-corrected chi connectivity index (χ2v) is 0.757. The van der Waals surface area contributed by atoms with Crippen molar-refractivity contribution in [1.29, 1.82) is 0 Å². The predicted molar refractivity (Wildman–Crippen MR) is 22.1 cm³/mol. The fourth-order valence-electron chi connectivity index (χ4n) is 0. The standard InChI is InChI=1S/C2H4O2.HNO3.3Zn/c1-2(3)4;2-1(3)4;;;/h1H3,(H,3,4);(H,2,3,4);;;. The van der Waals surface area contributed by atoms with E-state index in [4.69, 9.17) is 25.2 Å². The molecule has 2 N–H and O–H groups in total. The first-order valence-corrected chi connectivity index (χ1v) is 1.49. The van der Waals surface area contributed by atoms with Crippen molar-refractivity contribution in [2.24, 2.45) is 0 Å². The van der Waals surface area contributed by atoms with Gasteiger partial charge in [0.15, 0.2) is 0 Å². The Hall–Kier alpha value is 0.540. The molecule has 0 saturated heterocycles. The van der Waals surface area contributed by atoms with Crippen LogP contribution in [0, 0.1) is 10.1 Å². The summed E-state index contributed by atoms with van der Waals surface area (Å²) in [6.45, 7) is 1.08. The molecule has 0 aromatic carbocycles. The van der Waals surface area contributed by atoms with Gasteiger partial charge in [0.25, 0.3) is 11.1 Å². The number of rotatable bonds is 0. The van der Waals surface area contributed by atoms with E-state index in [1.165, 1.54) is 0 Å². The Morgan fingerprint density at radius 3 is 1.36 bits per heavy atom. The summed E-state index contributed by atoms with van der Waals surface area (Å²) in [5.74, 6) is -0.833. The molecule has 0 amide bonds. The van der Waals surface area contributed by atoms with Crippen molar-refractivity contribution in [3.63, 3.8) is 0 Å². The minimum Gasteiger partial charge on any atom is -0.481 e. The molecule has 0 fully saturated rings. The summed E-state index contributed by atoms with van der Waals surface area (Å²) in [6.07, 6.45) is 0. The van der Waals surface area contributed by atoms with Crippen LogP contribution in [-0.4, -0.2) is 21.4 Å². The van der Waals surface area contributed by atoms with Gasteiger partial charge in [-0.2, -0.15) is 0 Å². The smallest absolute Gasteiger partial charge is 0.300 e. The van der Waals surface area contributed by atoms with Crippen LogP contribution in [0.15, 0.2) is 0 Å². The molecule has 0 unspecified atom stereocenters. The van der Waals surface area contributed by atoms with E-state index in [-0.39, 0.29) is 58.4 Å². The molecule has 0 aromatic rings. The van der Waals surface area contributed by atoms with E-state index in [1.807, 2.05) is 0 Å². The number of nitrogens with zero attached hydrogens (tertiary/aromatic N) is 1. The maximum Gasteiger partial charge on any atom is 0.300 e. The molecule has 54 valence electrons. The molecule has 0 heterocycles. The topological polar surface area (TPSA) is 101 Å². The predicted octanol–water partition coefficient (Wildman–Crippen LogP) is -0.264. The molecule has 0 bridgehead atoms. The van der Waals surface area contributed by atoms with Crippen molar-refractivity contribution in [3.8, 4) is 0 Å². The average Bonchev–Trinajstić information content (AvgIpc) is 1.25. The van der Waals surface area contributed by atoms with Crippen LogP contribution in [0.5, 0.6) is 0 Å². The first kappa shape index (κ1) is 30.0. The second kappa shape index (κ2) is 22.4. The third-order valence-corrected chi connectivity index (χ3v) is 0. The number of carboxylic acid groups (broad SMARTS) is 1. The van der Waals surface area contributed by atoms with Gasteiger partial charge in [0.05, 0.1) is 0 Å². The molecule has 11 heavy (non-hydrogen) atoms. The van der Waals surface area contributed by atoms with Crippen molar-refractivity contribution in [1.82, 2.24) is 0 Å². The number of aliphatic carboxylic acids is 1. The van der Waals surface area contributed by atoms with Gasteiger partial charge in [0.1, 0.15) is 0 Å². The zero-order chi connectivity index (χ0) is 7.15. The van der Waals surface area contributed by atoms with E-state index >= 15 is 0 Å². The minimum absolute atomic E-state index is 0. The molecule has 0 spiro atoms. The Labute approximate surface area is 101 Å². The molecule has 0 radical (unpaired) electrons. The van der Waals surface area contributed by atoms with Crippen LogP contribution in [0.25, 0.3) is 0 Å². The van der Waals surface area contributed by atoms with Crippen LogP contribution in [0.1, 0.15) is 6.92 Å². The summed E-state index contributed by atoms with van der Waals surface area (Å²) in [5, 5.41) is 21.1. The Morgan fingerprint density at radius 2 is 1.36 bits per heavy atom. The second-order valence-electron chi connectivity index (χ2n) is 0.757. The Kier molecular flexibility index (Phi) is 61.1. The Bertz CT molecular complexity index is 77.7. The van der Waals surface area contributed by atoms with Crippen molar-refractivity contribution in [2.45, 2.75) is 6.92 Å². The average molecular weight is 319 g/mol. The summed E-state index contributed by atoms with van der Waals surface area (Å²) in [7, 11) is 0. The Morgan fingerprint density at radius 1 is 1.36 bits per heavy atom. The zero-order valence-electron chi connectivity index (χ0n) is 6.19. The fraction of sp³-hybridized carbons (Fsp3) is 0.500. The molecule has 9 heteroatoms. The molecular formula is C2H5NO5Zn3. The number of hydrogen-bond donors (Lipinski definition) is 2. The van der Waals surface area contributed by atoms with Crippen molar-refractivity contribution >= 4 is 5.97 Å². The summed E-state index contributed by atoms with van der Waals surface area (Å²) in [5.41, 5.74) is 0. The maximum atomic E-state index is 9.00. The van der Waals surface area contributed by atoms with Crippen LogP contribution in [0.4, 0.5) is 0 Å².